The van der Waals surface area contributed by atoms with E-state index in [4.69, 9.17) is 16.4 Å². The Morgan fingerprint density at radius 1 is 1.54 bits per heavy atom. The van der Waals surface area contributed by atoms with Crippen LogP contribution in [0, 0.1) is 0 Å². The van der Waals surface area contributed by atoms with Gasteiger partial charge in [-0.25, -0.2) is 0 Å². The molecule has 0 N–H and O–H groups in total. The number of halogens is 1. The summed E-state index contributed by atoms with van der Waals surface area (Å²) in [4.78, 5) is 6.17. The third kappa shape index (κ3) is 4.29. The minimum Gasteiger partial charge on any atom is -0.390 e. The first kappa shape index (κ1) is 10.5. The molecule has 0 saturated heterocycles. The van der Waals surface area contributed by atoms with Gasteiger partial charge in [-0.1, -0.05) is 16.8 Å². The number of nitrogens with zero attached hydrogens (tertiary/aromatic N) is 1. The molecule has 0 atom stereocenters. The summed E-state index contributed by atoms with van der Waals surface area (Å²) in [5, 5.41) is 6.45. The van der Waals surface area contributed by atoms with Gasteiger partial charge in [0.05, 0.1) is 16.1 Å². The summed E-state index contributed by atoms with van der Waals surface area (Å²) in [5.41, 5.74) is -0.239. The molecule has 0 aliphatic rings. The normalized spacial score (nSPS) is 12.3. The predicted octanol–water partition coefficient (Wildman–Crippen LogP) is 3.55. The van der Waals surface area contributed by atoms with Gasteiger partial charge in [-0.3, -0.25) is 0 Å². The number of hydrogen-bond donors (Lipinski definition) is 0. The Kier molecular flexibility index (Phi) is 3.33. The van der Waals surface area contributed by atoms with Crippen LogP contribution < -0.4 is 0 Å². The van der Waals surface area contributed by atoms with Gasteiger partial charge in [-0.05, 0) is 26.8 Å². The molecule has 1 heterocycles. The molecule has 0 unspecified atom stereocenters. The first-order valence-corrected chi connectivity index (χ1v) is 5.19. The molecule has 1 aromatic rings. The summed E-state index contributed by atoms with van der Waals surface area (Å²) >= 11 is 7.28. The van der Waals surface area contributed by atoms with Crippen molar-refractivity contribution in [2.75, 3.05) is 0 Å². The molecule has 0 saturated carbocycles. The van der Waals surface area contributed by atoms with Gasteiger partial charge in [0.25, 0.3) is 0 Å². The van der Waals surface area contributed by atoms with Crippen LogP contribution in [0.3, 0.4) is 0 Å². The highest BCUT2D eigenvalue weighted by molar-refractivity contribution is 7.12. The molecule has 0 fully saturated rings. The average Bonchev–Trinajstić information content (AvgIpc) is 2.33. The van der Waals surface area contributed by atoms with E-state index in [1.165, 1.54) is 11.3 Å². The van der Waals surface area contributed by atoms with E-state index in [9.17, 15) is 0 Å². The minimum atomic E-state index is -0.239. The van der Waals surface area contributed by atoms with Crippen molar-refractivity contribution in [2.45, 2.75) is 26.4 Å². The number of hydrogen-bond acceptors (Lipinski definition) is 3. The van der Waals surface area contributed by atoms with Gasteiger partial charge < -0.3 is 4.84 Å². The van der Waals surface area contributed by atoms with Gasteiger partial charge in [0.15, 0.2) is 0 Å². The topological polar surface area (TPSA) is 21.6 Å². The van der Waals surface area contributed by atoms with E-state index in [0.717, 1.165) is 9.90 Å². The van der Waals surface area contributed by atoms with Gasteiger partial charge >= 0.3 is 0 Å². The van der Waals surface area contributed by atoms with Gasteiger partial charge in [-0.2, -0.15) is 0 Å². The van der Waals surface area contributed by atoms with Crippen molar-refractivity contribution in [1.82, 2.24) is 0 Å². The Balaban J connectivity index is 2.50. The lowest BCUT2D eigenvalue weighted by Crippen LogP contribution is -2.15. The summed E-state index contributed by atoms with van der Waals surface area (Å²) in [5.74, 6) is 0. The molecular weight excluding hydrogens is 206 g/mol. The fourth-order valence-electron chi connectivity index (χ4n) is 0.632. The van der Waals surface area contributed by atoms with Crippen molar-refractivity contribution in [3.05, 3.63) is 21.3 Å². The van der Waals surface area contributed by atoms with Crippen LogP contribution in [-0.2, 0) is 4.84 Å². The molecule has 0 radical (unpaired) electrons. The predicted molar refractivity (Wildman–Crippen MR) is 57.8 cm³/mol. The van der Waals surface area contributed by atoms with E-state index in [1.807, 2.05) is 32.2 Å². The summed E-state index contributed by atoms with van der Waals surface area (Å²) in [6.07, 6.45) is 1.67. The van der Waals surface area contributed by atoms with E-state index in [2.05, 4.69) is 5.16 Å². The van der Waals surface area contributed by atoms with Crippen LogP contribution in [-0.4, -0.2) is 11.8 Å². The molecule has 0 bridgehead atoms. The lowest BCUT2D eigenvalue weighted by atomic mass is 10.2. The largest absolute Gasteiger partial charge is 0.390 e. The monoisotopic (exact) mass is 217 g/mol. The smallest absolute Gasteiger partial charge is 0.129 e. The average molecular weight is 218 g/mol. The zero-order chi connectivity index (χ0) is 9.90. The minimum absolute atomic E-state index is 0.239. The van der Waals surface area contributed by atoms with Crippen molar-refractivity contribution in [3.63, 3.8) is 0 Å². The summed E-state index contributed by atoms with van der Waals surface area (Å²) in [7, 11) is 0. The van der Waals surface area contributed by atoms with Crippen LogP contribution in [0.2, 0.25) is 5.02 Å². The zero-order valence-electron chi connectivity index (χ0n) is 7.87. The Bertz CT molecular complexity index is 301. The molecule has 2 nitrogen and oxygen atoms in total. The van der Waals surface area contributed by atoms with E-state index in [-0.39, 0.29) is 5.60 Å². The maximum Gasteiger partial charge on any atom is 0.129 e. The lowest BCUT2D eigenvalue weighted by Gasteiger charge is -2.14. The number of thiophene rings is 1. The second-order valence-corrected chi connectivity index (χ2v) is 4.98. The third-order valence-corrected chi connectivity index (χ3v) is 2.31. The molecule has 1 aromatic heterocycles. The summed E-state index contributed by atoms with van der Waals surface area (Å²) in [6, 6.07) is 1.85. The quantitative estimate of drug-likeness (QED) is 0.549. The molecule has 1 rings (SSSR count). The maximum atomic E-state index is 5.74. The maximum absolute atomic E-state index is 5.74. The fourth-order valence-corrected chi connectivity index (χ4v) is 1.56. The van der Waals surface area contributed by atoms with Crippen LogP contribution in [0.15, 0.2) is 16.6 Å². The molecule has 4 heteroatoms. The molecule has 0 amide bonds. The highest BCUT2D eigenvalue weighted by Gasteiger charge is 2.09. The van der Waals surface area contributed by atoms with Crippen molar-refractivity contribution < 1.29 is 4.84 Å². The zero-order valence-corrected chi connectivity index (χ0v) is 9.45. The molecule has 0 aromatic carbocycles. The molecular formula is C9H12ClNOS. The van der Waals surface area contributed by atoms with Gasteiger partial charge in [0, 0.05) is 5.38 Å². The van der Waals surface area contributed by atoms with Crippen molar-refractivity contribution >= 4 is 29.2 Å². The van der Waals surface area contributed by atoms with Gasteiger partial charge in [0.2, 0.25) is 0 Å². The van der Waals surface area contributed by atoms with E-state index in [1.54, 1.807) is 6.21 Å². The molecule has 13 heavy (non-hydrogen) atoms. The highest BCUT2D eigenvalue weighted by atomic mass is 35.5. The highest BCUT2D eigenvalue weighted by Crippen LogP contribution is 2.17. The second-order valence-electron chi connectivity index (χ2n) is 3.61. The number of rotatable bonds is 2. The van der Waals surface area contributed by atoms with E-state index in [0.29, 0.717) is 0 Å². The van der Waals surface area contributed by atoms with Crippen LogP contribution in [0.25, 0.3) is 0 Å². The van der Waals surface area contributed by atoms with Gasteiger partial charge in [0.1, 0.15) is 5.60 Å². The number of oxime groups is 1. The SMILES string of the molecule is CC(C)(C)O/N=C/c1cc(Cl)cs1. The molecule has 0 aliphatic heterocycles. The first-order chi connectivity index (χ1) is 5.97. The van der Waals surface area contributed by atoms with Crippen LogP contribution in [0.4, 0.5) is 0 Å². The van der Waals surface area contributed by atoms with Crippen LogP contribution >= 0.6 is 22.9 Å². The summed E-state index contributed by atoms with van der Waals surface area (Å²) in [6.45, 7) is 5.85. The lowest BCUT2D eigenvalue weighted by molar-refractivity contribution is 0.00202. The van der Waals surface area contributed by atoms with Crippen LogP contribution in [0.5, 0.6) is 0 Å². The van der Waals surface area contributed by atoms with Gasteiger partial charge in [-0.15, -0.1) is 11.3 Å². The molecule has 0 aliphatic carbocycles. The third-order valence-electron chi connectivity index (χ3n) is 1.09. The van der Waals surface area contributed by atoms with Crippen molar-refractivity contribution in [1.29, 1.82) is 0 Å². The molecule has 0 spiro atoms. The van der Waals surface area contributed by atoms with Crippen LogP contribution in [0.1, 0.15) is 25.6 Å². The molecule has 72 valence electrons. The Morgan fingerprint density at radius 2 is 2.23 bits per heavy atom. The summed E-state index contributed by atoms with van der Waals surface area (Å²) < 4.78 is 0. The van der Waals surface area contributed by atoms with E-state index < -0.39 is 0 Å². The fraction of sp³-hybridized carbons (Fsp3) is 0.444. The van der Waals surface area contributed by atoms with Crippen molar-refractivity contribution in [2.24, 2.45) is 5.16 Å². The first-order valence-electron chi connectivity index (χ1n) is 3.93. The van der Waals surface area contributed by atoms with E-state index >= 15 is 0 Å². The second kappa shape index (κ2) is 4.11. The Labute approximate surface area is 87.2 Å². The Hall–Kier alpha value is -0.540. The van der Waals surface area contributed by atoms with Crippen molar-refractivity contribution in [3.8, 4) is 0 Å². The Morgan fingerprint density at radius 3 is 2.69 bits per heavy atom. The standard InChI is InChI=1S/C9H12ClNOS/c1-9(2,3)12-11-5-8-4-7(10)6-13-8/h4-6H,1-3H3/b11-5+.